The highest BCUT2D eigenvalue weighted by Crippen LogP contribution is 2.21. The standard InChI is InChI=1S/C9H8F3NOS/c1-7(8-5-3-2-4-6-8)13-15(14)9(10,11)12/h2-6H,1H3/b13-7+. The third-order valence-electron chi connectivity index (χ3n) is 1.61. The quantitative estimate of drug-likeness (QED) is 0.724. The van der Waals surface area contributed by atoms with E-state index in [9.17, 15) is 17.4 Å². The number of halogens is 3. The van der Waals surface area contributed by atoms with Crippen LogP contribution in [0.2, 0.25) is 0 Å². The largest absolute Gasteiger partial charge is 0.492 e. The zero-order chi connectivity index (χ0) is 11.5. The minimum absolute atomic E-state index is 0.103. The molecule has 0 aliphatic rings. The maximum absolute atomic E-state index is 11.9. The normalized spacial score (nSPS) is 15.1. The Morgan fingerprint density at radius 3 is 2.27 bits per heavy atom. The van der Waals surface area contributed by atoms with Crippen LogP contribution >= 0.6 is 0 Å². The molecule has 0 saturated carbocycles. The van der Waals surface area contributed by atoms with Gasteiger partial charge in [0.2, 0.25) is 11.0 Å². The number of hydrogen-bond acceptors (Lipinski definition) is 1. The van der Waals surface area contributed by atoms with Crippen LogP contribution in [0.5, 0.6) is 0 Å². The molecule has 2 nitrogen and oxygen atoms in total. The fourth-order valence-electron chi connectivity index (χ4n) is 0.908. The summed E-state index contributed by atoms with van der Waals surface area (Å²) in [6, 6.07) is 8.28. The van der Waals surface area contributed by atoms with Gasteiger partial charge in [-0.25, -0.2) is 4.21 Å². The van der Waals surface area contributed by atoms with Crippen molar-refractivity contribution in [2.24, 2.45) is 4.40 Å². The molecule has 0 heterocycles. The zero-order valence-electron chi connectivity index (χ0n) is 7.78. The van der Waals surface area contributed by atoms with Gasteiger partial charge in [-0.3, -0.25) is 0 Å². The van der Waals surface area contributed by atoms with Crippen molar-refractivity contribution in [3.63, 3.8) is 0 Å². The summed E-state index contributed by atoms with van der Waals surface area (Å²) in [6.45, 7) is 1.39. The second kappa shape index (κ2) is 4.57. The summed E-state index contributed by atoms with van der Waals surface area (Å²) in [7, 11) is -3.18. The van der Waals surface area contributed by atoms with E-state index in [2.05, 4.69) is 4.40 Å². The van der Waals surface area contributed by atoms with Crippen molar-refractivity contribution in [1.82, 2.24) is 0 Å². The van der Waals surface area contributed by atoms with Crippen molar-refractivity contribution in [3.05, 3.63) is 35.9 Å². The molecule has 15 heavy (non-hydrogen) atoms. The lowest BCUT2D eigenvalue weighted by Crippen LogP contribution is -2.15. The summed E-state index contributed by atoms with van der Waals surface area (Å²) in [4.78, 5) is 0. The summed E-state index contributed by atoms with van der Waals surface area (Å²) in [5.74, 6) is 0. The summed E-state index contributed by atoms with van der Waals surface area (Å²) in [5, 5.41) is 0. The Bertz CT molecular complexity index is 386. The highest BCUT2D eigenvalue weighted by molar-refractivity contribution is 7.84. The molecule has 0 fully saturated rings. The molecule has 0 bridgehead atoms. The molecule has 1 unspecified atom stereocenters. The van der Waals surface area contributed by atoms with Crippen LogP contribution in [-0.4, -0.2) is 15.4 Å². The maximum atomic E-state index is 11.9. The minimum Gasteiger partial charge on any atom is -0.225 e. The fraction of sp³-hybridized carbons (Fsp3) is 0.222. The van der Waals surface area contributed by atoms with Gasteiger partial charge < -0.3 is 0 Å². The van der Waals surface area contributed by atoms with Crippen LogP contribution in [0, 0.1) is 0 Å². The molecule has 1 aromatic rings. The van der Waals surface area contributed by atoms with Gasteiger partial charge in [-0.15, -0.1) is 0 Å². The van der Waals surface area contributed by atoms with Gasteiger partial charge in [-0.1, -0.05) is 30.3 Å². The van der Waals surface area contributed by atoms with Crippen LogP contribution in [0.3, 0.4) is 0 Å². The van der Waals surface area contributed by atoms with E-state index in [1.807, 2.05) is 0 Å². The lowest BCUT2D eigenvalue weighted by molar-refractivity contribution is -0.0384. The first-order chi connectivity index (χ1) is 6.91. The Balaban J connectivity index is 2.91. The SMILES string of the molecule is C/C(=N\S(=O)C(F)(F)F)c1ccccc1. The molecule has 1 atom stereocenters. The Labute approximate surface area is 87.4 Å². The number of alkyl halides is 3. The van der Waals surface area contributed by atoms with Crippen molar-refractivity contribution in [1.29, 1.82) is 0 Å². The fourth-order valence-corrected chi connectivity index (χ4v) is 1.37. The molecular weight excluding hydrogens is 227 g/mol. The summed E-state index contributed by atoms with van der Waals surface area (Å²) >= 11 is 0. The van der Waals surface area contributed by atoms with Crippen LogP contribution in [0.25, 0.3) is 0 Å². The summed E-state index contributed by atoms with van der Waals surface area (Å²) < 4.78 is 49.5. The van der Waals surface area contributed by atoms with E-state index in [-0.39, 0.29) is 5.71 Å². The predicted molar refractivity (Wildman–Crippen MR) is 52.9 cm³/mol. The van der Waals surface area contributed by atoms with Gasteiger partial charge in [-0.2, -0.15) is 17.6 Å². The highest BCUT2D eigenvalue weighted by atomic mass is 32.2. The van der Waals surface area contributed by atoms with Gasteiger partial charge in [0.05, 0.1) is 5.71 Å². The Morgan fingerprint density at radius 1 is 1.27 bits per heavy atom. The van der Waals surface area contributed by atoms with Crippen molar-refractivity contribution >= 4 is 16.7 Å². The summed E-state index contributed by atoms with van der Waals surface area (Å²) in [6.07, 6.45) is 0. The van der Waals surface area contributed by atoms with E-state index in [0.29, 0.717) is 5.56 Å². The van der Waals surface area contributed by atoms with Crippen molar-refractivity contribution in [3.8, 4) is 0 Å². The molecule has 82 valence electrons. The Hall–Kier alpha value is -1.17. The van der Waals surface area contributed by atoms with Crippen LogP contribution < -0.4 is 0 Å². The molecule has 0 radical (unpaired) electrons. The molecule has 0 amide bonds. The third-order valence-corrected chi connectivity index (χ3v) is 2.45. The van der Waals surface area contributed by atoms with Crippen LogP contribution in [-0.2, 0) is 11.0 Å². The molecule has 0 aliphatic carbocycles. The molecule has 1 aromatic carbocycles. The zero-order valence-corrected chi connectivity index (χ0v) is 8.60. The molecule has 0 spiro atoms. The first-order valence-electron chi connectivity index (χ1n) is 4.00. The van der Waals surface area contributed by atoms with Crippen molar-refractivity contribution in [2.75, 3.05) is 0 Å². The van der Waals surface area contributed by atoms with E-state index in [1.54, 1.807) is 30.3 Å². The smallest absolute Gasteiger partial charge is 0.225 e. The van der Waals surface area contributed by atoms with Gasteiger partial charge in [0, 0.05) is 0 Å². The molecule has 1 rings (SSSR count). The minimum atomic E-state index is -4.80. The lowest BCUT2D eigenvalue weighted by Gasteiger charge is -2.03. The summed E-state index contributed by atoms with van der Waals surface area (Å²) in [5.41, 5.74) is -4.17. The van der Waals surface area contributed by atoms with Crippen molar-refractivity contribution in [2.45, 2.75) is 12.4 Å². The molecular formula is C9H8F3NOS. The number of rotatable bonds is 2. The predicted octanol–water partition coefficient (Wildman–Crippen LogP) is 2.68. The van der Waals surface area contributed by atoms with E-state index in [0.717, 1.165) is 0 Å². The average Bonchev–Trinajstić information content (AvgIpc) is 2.17. The second-order valence-corrected chi connectivity index (χ2v) is 3.88. The average molecular weight is 235 g/mol. The number of nitrogens with zero attached hydrogens (tertiary/aromatic N) is 1. The van der Waals surface area contributed by atoms with Crippen molar-refractivity contribution < 1.29 is 17.4 Å². The monoisotopic (exact) mass is 235 g/mol. The van der Waals surface area contributed by atoms with Crippen LogP contribution in [0.1, 0.15) is 12.5 Å². The highest BCUT2D eigenvalue weighted by Gasteiger charge is 2.37. The third kappa shape index (κ3) is 3.47. The molecule has 0 saturated heterocycles. The molecule has 0 N–H and O–H groups in total. The van der Waals surface area contributed by atoms with Gasteiger partial charge in [0.25, 0.3) is 0 Å². The van der Waals surface area contributed by atoms with Crippen LogP contribution in [0.4, 0.5) is 13.2 Å². The Kier molecular flexibility index (Phi) is 3.62. The second-order valence-electron chi connectivity index (χ2n) is 2.74. The van der Waals surface area contributed by atoms with E-state index < -0.39 is 16.5 Å². The van der Waals surface area contributed by atoms with Gasteiger partial charge in [0.1, 0.15) is 0 Å². The molecule has 6 heteroatoms. The number of benzene rings is 1. The first-order valence-corrected chi connectivity index (χ1v) is 5.11. The molecule has 0 aromatic heterocycles. The Morgan fingerprint density at radius 2 is 1.80 bits per heavy atom. The number of hydrogen-bond donors (Lipinski definition) is 0. The maximum Gasteiger partial charge on any atom is 0.492 e. The first kappa shape index (κ1) is 11.9. The van der Waals surface area contributed by atoms with E-state index in [1.165, 1.54) is 6.92 Å². The van der Waals surface area contributed by atoms with Gasteiger partial charge in [-0.05, 0) is 12.5 Å². The lowest BCUT2D eigenvalue weighted by atomic mass is 10.1. The topological polar surface area (TPSA) is 29.4 Å². The van der Waals surface area contributed by atoms with Crippen LogP contribution in [0.15, 0.2) is 34.7 Å². The van der Waals surface area contributed by atoms with E-state index in [4.69, 9.17) is 0 Å². The van der Waals surface area contributed by atoms with E-state index >= 15 is 0 Å². The molecule has 0 aliphatic heterocycles. The van der Waals surface area contributed by atoms with Gasteiger partial charge >= 0.3 is 5.51 Å². The van der Waals surface area contributed by atoms with Gasteiger partial charge in [0.15, 0.2) is 0 Å².